The van der Waals surface area contributed by atoms with Gasteiger partial charge >= 0.3 is 6.18 Å². The first kappa shape index (κ1) is 19.5. The van der Waals surface area contributed by atoms with Crippen molar-refractivity contribution in [1.29, 1.82) is 0 Å². The van der Waals surface area contributed by atoms with Gasteiger partial charge in [0.25, 0.3) is 0 Å². The highest BCUT2D eigenvalue weighted by molar-refractivity contribution is 7.80. The second-order valence-corrected chi connectivity index (χ2v) is 6.75. The standard InChI is InChI=1S/C20H21F3N2OS/c1-2-26-17-10-8-14(9-11-17)18-7-4-12-25(18)19(27)24-16-6-3-5-15(13-16)20(21,22)23/h3,5-6,8-11,13,18H,2,4,7,12H2,1H3,(H,24,27)/t18-/m0/s1. The predicted octanol–water partition coefficient (Wildman–Crippen LogP) is 5.64. The quantitative estimate of drug-likeness (QED) is 0.679. The summed E-state index contributed by atoms with van der Waals surface area (Å²) >= 11 is 5.49. The van der Waals surface area contributed by atoms with Gasteiger partial charge in [-0.25, -0.2) is 0 Å². The fourth-order valence-corrected chi connectivity index (χ4v) is 3.61. The predicted molar refractivity (Wildman–Crippen MR) is 104 cm³/mol. The lowest BCUT2D eigenvalue weighted by Crippen LogP contribution is -2.34. The topological polar surface area (TPSA) is 24.5 Å². The van der Waals surface area contributed by atoms with E-state index in [0.717, 1.165) is 42.8 Å². The SMILES string of the molecule is CCOc1ccc([C@@H]2CCCN2C(=S)Nc2cccc(C(F)(F)F)c2)cc1. The highest BCUT2D eigenvalue weighted by atomic mass is 32.1. The fraction of sp³-hybridized carbons (Fsp3) is 0.350. The largest absolute Gasteiger partial charge is 0.494 e. The normalized spacial score (nSPS) is 17.0. The molecule has 0 unspecified atom stereocenters. The molecule has 1 aliphatic heterocycles. The number of ether oxygens (including phenoxy) is 1. The van der Waals surface area contributed by atoms with E-state index in [-0.39, 0.29) is 6.04 Å². The lowest BCUT2D eigenvalue weighted by atomic mass is 10.0. The summed E-state index contributed by atoms with van der Waals surface area (Å²) in [5.74, 6) is 0.815. The van der Waals surface area contributed by atoms with Gasteiger partial charge in [0.1, 0.15) is 5.75 Å². The van der Waals surface area contributed by atoms with Crippen LogP contribution in [0.2, 0.25) is 0 Å². The average molecular weight is 394 g/mol. The molecule has 3 rings (SSSR count). The van der Waals surface area contributed by atoms with E-state index in [0.29, 0.717) is 17.4 Å². The summed E-state index contributed by atoms with van der Waals surface area (Å²) in [4.78, 5) is 2.03. The number of nitrogens with one attached hydrogen (secondary N) is 1. The van der Waals surface area contributed by atoms with Crippen LogP contribution in [0.3, 0.4) is 0 Å². The summed E-state index contributed by atoms with van der Waals surface area (Å²) in [6, 6.07) is 13.1. The Morgan fingerprint density at radius 2 is 1.96 bits per heavy atom. The molecule has 0 spiro atoms. The molecule has 0 aromatic heterocycles. The van der Waals surface area contributed by atoms with Gasteiger partial charge < -0.3 is 15.0 Å². The zero-order valence-electron chi connectivity index (χ0n) is 14.9. The van der Waals surface area contributed by atoms with E-state index in [2.05, 4.69) is 5.32 Å². The van der Waals surface area contributed by atoms with Gasteiger partial charge in [-0.15, -0.1) is 0 Å². The van der Waals surface area contributed by atoms with Gasteiger partial charge in [0.15, 0.2) is 5.11 Å². The average Bonchev–Trinajstić information content (AvgIpc) is 3.12. The van der Waals surface area contributed by atoms with Crippen LogP contribution in [-0.2, 0) is 6.18 Å². The molecule has 2 aromatic carbocycles. The Bertz CT molecular complexity index is 793. The lowest BCUT2D eigenvalue weighted by Gasteiger charge is -2.28. The van der Waals surface area contributed by atoms with Crippen LogP contribution in [0.5, 0.6) is 5.75 Å². The molecule has 1 atom stereocenters. The van der Waals surface area contributed by atoms with Gasteiger partial charge in [0.2, 0.25) is 0 Å². The zero-order valence-corrected chi connectivity index (χ0v) is 15.7. The number of halogens is 3. The maximum atomic E-state index is 12.9. The van der Waals surface area contributed by atoms with Crippen molar-refractivity contribution in [2.24, 2.45) is 0 Å². The number of anilines is 1. The molecule has 7 heteroatoms. The monoisotopic (exact) mass is 394 g/mol. The van der Waals surface area contributed by atoms with Gasteiger partial charge in [-0.2, -0.15) is 13.2 Å². The third-order valence-corrected chi connectivity index (χ3v) is 4.87. The third-order valence-electron chi connectivity index (χ3n) is 4.53. The molecule has 1 saturated heterocycles. The molecule has 1 aliphatic rings. The minimum atomic E-state index is -4.38. The number of hydrogen-bond donors (Lipinski definition) is 1. The van der Waals surface area contributed by atoms with Crippen molar-refractivity contribution in [1.82, 2.24) is 4.90 Å². The van der Waals surface area contributed by atoms with Crippen molar-refractivity contribution in [3.63, 3.8) is 0 Å². The Morgan fingerprint density at radius 1 is 1.22 bits per heavy atom. The number of likely N-dealkylation sites (tertiary alicyclic amines) is 1. The van der Waals surface area contributed by atoms with Gasteiger partial charge in [0, 0.05) is 12.2 Å². The first-order chi connectivity index (χ1) is 12.9. The van der Waals surface area contributed by atoms with E-state index >= 15 is 0 Å². The van der Waals surface area contributed by atoms with Crippen LogP contribution >= 0.6 is 12.2 Å². The van der Waals surface area contributed by atoms with Crippen LogP contribution in [0, 0.1) is 0 Å². The van der Waals surface area contributed by atoms with E-state index < -0.39 is 11.7 Å². The van der Waals surface area contributed by atoms with Gasteiger partial charge in [0.05, 0.1) is 18.2 Å². The Morgan fingerprint density at radius 3 is 2.63 bits per heavy atom. The molecule has 1 heterocycles. The van der Waals surface area contributed by atoms with Crippen LogP contribution in [0.25, 0.3) is 0 Å². The Labute approximate surface area is 162 Å². The van der Waals surface area contributed by atoms with Crippen LogP contribution in [0.15, 0.2) is 48.5 Å². The molecule has 27 heavy (non-hydrogen) atoms. The molecule has 144 valence electrons. The number of rotatable bonds is 4. The van der Waals surface area contributed by atoms with Gasteiger partial charge in [-0.3, -0.25) is 0 Å². The number of benzene rings is 2. The van der Waals surface area contributed by atoms with Gasteiger partial charge in [-0.05, 0) is 67.9 Å². The fourth-order valence-electron chi connectivity index (χ4n) is 3.28. The maximum absolute atomic E-state index is 12.9. The molecular weight excluding hydrogens is 373 g/mol. The first-order valence-corrected chi connectivity index (χ1v) is 9.27. The molecule has 1 fully saturated rings. The number of thiocarbonyl (C=S) groups is 1. The highest BCUT2D eigenvalue weighted by Crippen LogP contribution is 2.34. The highest BCUT2D eigenvalue weighted by Gasteiger charge is 2.31. The molecule has 0 aliphatic carbocycles. The van der Waals surface area contributed by atoms with E-state index in [9.17, 15) is 13.2 Å². The van der Waals surface area contributed by atoms with E-state index in [1.807, 2.05) is 36.1 Å². The molecule has 0 radical (unpaired) electrons. The van der Waals surface area contributed by atoms with Crippen molar-refractivity contribution in [3.8, 4) is 5.75 Å². The van der Waals surface area contributed by atoms with Crippen LogP contribution in [-0.4, -0.2) is 23.2 Å². The van der Waals surface area contributed by atoms with E-state index in [4.69, 9.17) is 17.0 Å². The second-order valence-electron chi connectivity index (χ2n) is 6.36. The summed E-state index contributed by atoms with van der Waals surface area (Å²) in [6.07, 6.45) is -2.46. The van der Waals surface area contributed by atoms with Crippen molar-refractivity contribution in [2.75, 3.05) is 18.5 Å². The molecule has 0 amide bonds. The molecular formula is C20H21F3N2OS. The minimum absolute atomic E-state index is 0.103. The summed E-state index contributed by atoms with van der Waals surface area (Å²) in [5, 5.41) is 3.40. The molecule has 1 N–H and O–H groups in total. The third kappa shape index (κ3) is 4.71. The molecule has 0 saturated carbocycles. The molecule has 3 nitrogen and oxygen atoms in total. The summed E-state index contributed by atoms with van der Waals surface area (Å²) in [5.41, 5.74) is 0.760. The summed E-state index contributed by atoms with van der Waals surface area (Å²) < 4.78 is 44.2. The van der Waals surface area contributed by atoms with Crippen LogP contribution < -0.4 is 10.1 Å². The number of alkyl halides is 3. The Kier molecular flexibility index (Phi) is 5.89. The second kappa shape index (κ2) is 8.17. The van der Waals surface area contributed by atoms with Crippen molar-refractivity contribution < 1.29 is 17.9 Å². The minimum Gasteiger partial charge on any atom is -0.494 e. The van der Waals surface area contributed by atoms with E-state index in [1.54, 1.807) is 6.07 Å². The maximum Gasteiger partial charge on any atom is 0.416 e. The van der Waals surface area contributed by atoms with Crippen molar-refractivity contribution >= 4 is 23.0 Å². The van der Waals surface area contributed by atoms with Crippen LogP contribution in [0.1, 0.15) is 36.9 Å². The first-order valence-electron chi connectivity index (χ1n) is 8.86. The smallest absolute Gasteiger partial charge is 0.416 e. The molecule has 2 aromatic rings. The lowest BCUT2D eigenvalue weighted by molar-refractivity contribution is -0.137. The summed E-state index contributed by atoms with van der Waals surface area (Å²) in [7, 11) is 0. The molecule has 0 bridgehead atoms. The van der Waals surface area contributed by atoms with Crippen molar-refractivity contribution in [2.45, 2.75) is 32.0 Å². The zero-order chi connectivity index (χ0) is 19.4. The van der Waals surface area contributed by atoms with Crippen molar-refractivity contribution in [3.05, 3.63) is 59.7 Å². The Hall–Kier alpha value is -2.28. The Balaban J connectivity index is 1.72. The van der Waals surface area contributed by atoms with Crippen LogP contribution in [0.4, 0.5) is 18.9 Å². The number of hydrogen-bond acceptors (Lipinski definition) is 2. The number of nitrogens with zero attached hydrogens (tertiary/aromatic N) is 1. The summed E-state index contributed by atoms with van der Waals surface area (Å²) in [6.45, 7) is 3.31. The van der Waals surface area contributed by atoms with E-state index in [1.165, 1.54) is 6.07 Å². The van der Waals surface area contributed by atoms with Gasteiger partial charge in [-0.1, -0.05) is 18.2 Å².